The van der Waals surface area contributed by atoms with Crippen LogP contribution in [0.3, 0.4) is 0 Å². The molecule has 1 amide bonds. The first-order valence-corrected chi connectivity index (χ1v) is 8.84. The van der Waals surface area contributed by atoms with Crippen LogP contribution in [0.15, 0.2) is 36.8 Å². The van der Waals surface area contributed by atoms with Crippen LogP contribution < -0.4 is 0 Å². The third-order valence-corrected chi connectivity index (χ3v) is 5.26. The SMILES string of the molecule is C=CCN(CC=C)C(=O)n1cnc(S(=O)(=O)N(CC)C2CC2)n1. The van der Waals surface area contributed by atoms with Gasteiger partial charge in [-0.1, -0.05) is 19.1 Å². The summed E-state index contributed by atoms with van der Waals surface area (Å²) < 4.78 is 27.4. The third kappa shape index (κ3) is 3.67. The van der Waals surface area contributed by atoms with Gasteiger partial charge in [-0.2, -0.15) is 8.99 Å². The fraction of sp³-hybridized carbons (Fsp3) is 0.500. The average molecular weight is 339 g/mol. The molecule has 1 aliphatic carbocycles. The average Bonchev–Trinajstić information content (AvgIpc) is 3.20. The summed E-state index contributed by atoms with van der Waals surface area (Å²) in [6, 6.07) is -0.459. The Morgan fingerprint density at radius 2 is 2.00 bits per heavy atom. The van der Waals surface area contributed by atoms with Gasteiger partial charge in [0.1, 0.15) is 6.33 Å². The zero-order chi connectivity index (χ0) is 17.0. The highest BCUT2D eigenvalue weighted by atomic mass is 32.2. The summed E-state index contributed by atoms with van der Waals surface area (Å²) in [5, 5.41) is 3.51. The molecule has 1 heterocycles. The molecule has 0 atom stereocenters. The van der Waals surface area contributed by atoms with Gasteiger partial charge in [0.25, 0.3) is 15.2 Å². The van der Waals surface area contributed by atoms with Crippen LogP contribution in [0.4, 0.5) is 4.79 Å². The molecule has 126 valence electrons. The lowest BCUT2D eigenvalue weighted by molar-refractivity contribution is 0.206. The molecule has 1 aliphatic rings. The molecule has 1 saturated carbocycles. The van der Waals surface area contributed by atoms with Crippen LogP contribution in [-0.4, -0.2) is 64.1 Å². The molecule has 0 N–H and O–H groups in total. The van der Waals surface area contributed by atoms with Crippen LogP contribution in [0.5, 0.6) is 0 Å². The molecular formula is C14H21N5O3S. The maximum Gasteiger partial charge on any atom is 0.346 e. The van der Waals surface area contributed by atoms with Crippen molar-refractivity contribution in [2.45, 2.75) is 31.0 Å². The van der Waals surface area contributed by atoms with Crippen LogP contribution in [0.25, 0.3) is 0 Å². The summed E-state index contributed by atoms with van der Waals surface area (Å²) >= 11 is 0. The first kappa shape index (κ1) is 17.4. The van der Waals surface area contributed by atoms with E-state index < -0.39 is 16.1 Å². The predicted octanol–water partition coefficient (Wildman–Crippen LogP) is 1.09. The van der Waals surface area contributed by atoms with Crippen molar-refractivity contribution in [3.8, 4) is 0 Å². The number of hydrogen-bond acceptors (Lipinski definition) is 5. The van der Waals surface area contributed by atoms with Crippen molar-refractivity contribution >= 4 is 16.1 Å². The van der Waals surface area contributed by atoms with Gasteiger partial charge in [0, 0.05) is 25.7 Å². The second-order valence-electron chi connectivity index (χ2n) is 5.18. The van der Waals surface area contributed by atoms with Gasteiger partial charge in [0.05, 0.1) is 0 Å². The molecule has 2 rings (SSSR count). The fourth-order valence-electron chi connectivity index (χ4n) is 2.24. The van der Waals surface area contributed by atoms with Gasteiger partial charge in [0.2, 0.25) is 0 Å². The maximum absolute atomic E-state index is 12.5. The van der Waals surface area contributed by atoms with Gasteiger partial charge < -0.3 is 4.90 Å². The Morgan fingerprint density at radius 3 is 2.48 bits per heavy atom. The highest BCUT2D eigenvalue weighted by Gasteiger charge is 2.39. The highest BCUT2D eigenvalue weighted by molar-refractivity contribution is 7.89. The molecule has 23 heavy (non-hydrogen) atoms. The molecule has 0 bridgehead atoms. The summed E-state index contributed by atoms with van der Waals surface area (Å²) in [7, 11) is -3.77. The normalized spacial score (nSPS) is 14.7. The first-order chi connectivity index (χ1) is 11.0. The van der Waals surface area contributed by atoms with Crippen molar-refractivity contribution in [1.29, 1.82) is 0 Å². The van der Waals surface area contributed by atoms with Crippen molar-refractivity contribution in [1.82, 2.24) is 24.0 Å². The predicted molar refractivity (Wildman–Crippen MR) is 85.4 cm³/mol. The molecule has 1 aromatic rings. The van der Waals surface area contributed by atoms with E-state index >= 15 is 0 Å². The fourth-order valence-corrected chi connectivity index (χ4v) is 3.76. The van der Waals surface area contributed by atoms with Gasteiger partial charge in [-0.15, -0.1) is 18.3 Å². The Bertz CT molecular complexity index is 683. The van der Waals surface area contributed by atoms with Crippen LogP contribution in [-0.2, 0) is 10.0 Å². The van der Waals surface area contributed by atoms with Gasteiger partial charge in [-0.3, -0.25) is 0 Å². The van der Waals surface area contributed by atoms with Gasteiger partial charge >= 0.3 is 6.03 Å². The molecule has 1 aromatic heterocycles. The zero-order valence-corrected chi connectivity index (χ0v) is 13.9. The Labute approximate surface area is 136 Å². The molecule has 8 nitrogen and oxygen atoms in total. The van der Waals surface area contributed by atoms with E-state index in [2.05, 4.69) is 23.2 Å². The van der Waals surface area contributed by atoms with E-state index in [9.17, 15) is 13.2 Å². The van der Waals surface area contributed by atoms with E-state index in [1.807, 2.05) is 0 Å². The third-order valence-electron chi connectivity index (χ3n) is 3.44. The van der Waals surface area contributed by atoms with Crippen molar-refractivity contribution in [2.75, 3.05) is 19.6 Å². The smallest absolute Gasteiger partial charge is 0.315 e. The van der Waals surface area contributed by atoms with E-state index in [-0.39, 0.29) is 11.2 Å². The standard InChI is InChI=1S/C14H21N5O3S/c1-4-9-17(10-5-2)14(20)18-11-15-13(16-18)23(21,22)19(6-3)12-7-8-12/h4-5,11-12H,1-2,6-10H2,3H3. The molecule has 0 saturated heterocycles. The van der Waals surface area contributed by atoms with Crippen molar-refractivity contribution in [3.05, 3.63) is 31.6 Å². The van der Waals surface area contributed by atoms with Crippen molar-refractivity contribution in [2.24, 2.45) is 0 Å². The molecule has 1 fully saturated rings. The van der Waals surface area contributed by atoms with Crippen LogP contribution in [0.1, 0.15) is 19.8 Å². The summed E-state index contributed by atoms with van der Waals surface area (Å²) in [5.74, 6) is 0. The number of aromatic nitrogens is 3. The second kappa shape index (κ2) is 7.05. The number of amides is 1. The Morgan fingerprint density at radius 1 is 1.39 bits per heavy atom. The van der Waals surface area contributed by atoms with E-state index in [1.54, 1.807) is 19.1 Å². The van der Waals surface area contributed by atoms with E-state index in [0.717, 1.165) is 23.9 Å². The molecule has 9 heteroatoms. The zero-order valence-electron chi connectivity index (χ0n) is 13.1. The summed E-state index contributed by atoms with van der Waals surface area (Å²) in [6.07, 6.45) is 5.96. The van der Waals surface area contributed by atoms with Crippen LogP contribution in [0.2, 0.25) is 0 Å². The van der Waals surface area contributed by atoms with Crippen LogP contribution in [0, 0.1) is 0 Å². The summed E-state index contributed by atoms with van der Waals surface area (Å²) in [5.41, 5.74) is 0. The number of rotatable bonds is 8. The lowest BCUT2D eigenvalue weighted by atomic mass is 10.5. The van der Waals surface area contributed by atoms with E-state index in [0.29, 0.717) is 19.6 Å². The van der Waals surface area contributed by atoms with E-state index in [4.69, 9.17) is 0 Å². The quantitative estimate of drug-likeness (QED) is 0.662. The topological polar surface area (TPSA) is 88.4 Å². The highest BCUT2D eigenvalue weighted by Crippen LogP contribution is 2.30. The Balaban J connectivity index is 2.23. The summed E-state index contributed by atoms with van der Waals surface area (Å²) in [4.78, 5) is 17.6. The maximum atomic E-state index is 12.5. The number of nitrogens with zero attached hydrogens (tertiary/aromatic N) is 5. The molecule has 0 spiro atoms. The second-order valence-corrected chi connectivity index (χ2v) is 6.96. The van der Waals surface area contributed by atoms with Gasteiger partial charge in [0.15, 0.2) is 0 Å². The number of carbonyl (C=O) groups is 1. The molecular weight excluding hydrogens is 318 g/mol. The molecule has 0 radical (unpaired) electrons. The summed E-state index contributed by atoms with van der Waals surface area (Å²) in [6.45, 7) is 9.91. The largest absolute Gasteiger partial charge is 0.346 e. The molecule has 0 unspecified atom stereocenters. The number of sulfonamides is 1. The van der Waals surface area contributed by atoms with Gasteiger partial charge in [-0.25, -0.2) is 18.2 Å². The lowest BCUT2D eigenvalue weighted by Crippen LogP contribution is -2.36. The monoisotopic (exact) mass is 339 g/mol. The van der Waals surface area contributed by atoms with E-state index in [1.165, 1.54) is 9.21 Å². The minimum Gasteiger partial charge on any atom is -0.315 e. The minimum absolute atomic E-state index is 0.0191. The van der Waals surface area contributed by atoms with Crippen LogP contribution >= 0.6 is 0 Å². The number of carbonyl (C=O) groups excluding carboxylic acids is 1. The number of hydrogen-bond donors (Lipinski definition) is 0. The molecule has 0 aromatic carbocycles. The first-order valence-electron chi connectivity index (χ1n) is 7.40. The minimum atomic E-state index is -3.77. The van der Waals surface area contributed by atoms with Crippen molar-refractivity contribution < 1.29 is 13.2 Å². The lowest BCUT2D eigenvalue weighted by Gasteiger charge is -2.18. The van der Waals surface area contributed by atoms with Crippen molar-refractivity contribution in [3.63, 3.8) is 0 Å². The Kier molecular flexibility index (Phi) is 5.32. The Hall–Kier alpha value is -2.00. The molecule has 0 aliphatic heterocycles. The van der Waals surface area contributed by atoms with Gasteiger partial charge in [-0.05, 0) is 12.8 Å².